The highest BCUT2D eigenvalue weighted by molar-refractivity contribution is 5.98. The molecular weight excluding hydrogens is 380 g/mol. The molecule has 0 saturated carbocycles. The van der Waals surface area contributed by atoms with Crippen LogP contribution < -0.4 is 14.8 Å². The smallest absolute Gasteiger partial charge is 0.345 e. The zero-order valence-corrected chi connectivity index (χ0v) is 16.4. The van der Waals surface area contributed by atoms with Crippen molar-refractivity contribution in [2.24, 2.45) is 0 Å². The molecule has 0 bridgehead atoms. The topological polar surface area (TPSA) is 117 Å². The van der Waals surface area contributed by atoms with Crippen molar-refractivity contribution >= 4 is 23.3 Å². The van der Waals surface area contributed by atoms with Crippen LogP contribution in [0.1, 0.15) is 29.8 Å². The maximum atomic E-state index is 12.3. The molecule has 0 heterocycles. The minimum absolute atomic E-state index is 0.131. The summed E-state index contributed by atoms with van der Waals surface area (Å²) in [5.74, 6) is -1.31. The number of nitro groups is 1. The Morgan fingerprint density at radius 3 is 2.34 bits per heavy atom. The van der Waals surface area contributed by atoms with Crippen LogP contribution in [0.3, 0.4) is 0 Å². The molecule has 154 valence electrons. The minimum Gasteiger partial charge on any atom is -0.493 e. The van der Waals surface area contributed by atoms with Crippen LogP contribution in [0.2, 0.25) is 0 Å². The van der Waals surface area contributed by atoms with Gasteiger partial charge in [0.2, 0.25) is 0 Å². The number of nitro benzene ring substituents is 1. The average Bonchev–Trinajstić information content (AvgIpc) is 2.72. The van der Waals surface area contributed by atoms with Crippen molar-refractivity contribution in [2.75, 3.05) is 25.6 Å². The standard InChI is InChI=1S/C20H22N2O7/c1-4-13-6-8-14(9-7-13)21-19(23)12-29-20(24)15-10-17(27-3)18(28-5-2)11-16(15)22(25)26/h6-11H,4-5,12H2,1-3H3,(H,21,23). The summed E-state index contributed by atoms with van der Waals surface area (Å²) in [4.78, 5) is 35.0. The molecule has 0 aliphatic heterocycles. The first-order valence-corrected chi connectivity index (χ1v) is 8.94. The summed E-state index contributed by atoms with van der Waals surface area (Å²) in [6.45, 7) is 3.39. The first-order chi connectivity index (χ1) is 13.9. The third-order valence-corrected chi connectivity index (χ3v) is 3.98. The lowest BCUT2D eigenvalue weighted by Crippen LogP contribution is -2.21. The van der Waals surface area contributed by atoms with Gasteiger partial charge < -0.3 is 19.5 Å². The van der Waals surface area contributed by atoms with Crippen molar-refractivity contribution < 1.29 is 28.7 Å². The molecule has 29 heavy (non-hydrogen) atoms. The third-order valence-electron chi connectivity index (χ3n) is 3.98. The highest BCUT2D eigenvalue weighted by atomic mass is 16.6. The maximum Gasteiger partial charge on any atom is 0.345 e. The number of carbonyl (C=O) groups excluding carboxylic acids is 2. The largest absolute Gasteiger partial charge is 0.493 e. The van der Waals surface area contributed by atoms with E-state index >= 15 is 0 Å². The van der Waals surface area contributed by atoms with E-state index in [0.29, 0.717) is 5.69 Å². The zero-order valence-electron chi connectivity index (χ0n) is 16.4. The fourth-order valence-corrected chi connectivity index (χ4v) is 2.52. The van der Waals surface area contributed by atoms with Gasteiger partial charge in [-0.2, -0.15) is 0 Å². The Morgan fingerprint density at radius 1 is 1.10 bits per heavy atom. The summed E-state index contributed by atoms with van der Waals surface area (Å²) in [7, 11) is 1.34. The van der Waals surface area contributed by atoms with Crippen LogP contribution in [0.25, 0.3) is 0 Å². The molecule has 1 amide bonds. The van der Waals surface area contributed by atoms with E-state index in [4.69, 9.17) is 14.2 Å². The molecule has 0 aromatic heterocycles. The summed E-state index contributed by atoms with van der Waals surface area (Å²) in [5.41, 5.74) is 0.827. The van der Waals surface area contributed by atoms with Crippen molar-refractivity contribution in [2.45, 2.75) is 20.3 Å². The average molecular weight is 402 g/mol. The van der Waals surface area contributed by atoms with Gasteiger partial charge >= 0.3 is 5.97 Å². The molecule has 0 atom stereocenters. The number of hydrogen-bond donors (Lipinski definition) is 1. The Balaban J connectivity index is 2.10. The molecule has 2 aromatic rings. The number of esters is 1. The number of rotatable bonds is 9. The molecule has 1 N–H and O–H groups in total. The Bertz CT molecular complexity index is 894. The van der Waals surface area contributed by atoms with E-state index in [1.54, 1.807) is 19.1 Å². The van der Waals surface area contributed by atoms with E-state index in [-0.39, 0.29) is 23.7 Å². The Morgan fingerprint density at radius 2 is 1.79 bits per heavy atom. The van der Waals surface area contributed by atoms with Crippen LogP contribution in [-0.4, -0.2) is 37.1 Å². The van der Waals surface area contributed by atoms with Crippen molar-refractivity contribution in [1.82, 2.24) is 0 Å². The number of methoxy groups -OCH3 is 1. The zero-order chi connectivity index (χ0) is 21.4. The highest BCUT2D eigenvalue weighted by Crippen LogP contribution is 2.35. The fourth-order valence-electron chi connectivity index (χ4n) is 2.52. The lowest BCUT2D eigenvalue weighted by molar-refractivity contribution is -0.385. The van der Waals surface area contributed by atoms with Crippen molar-refractivity contribution in [3.63, 3.8) is 0 Å². The van der Waals surface area contributed by atoms with Crippen LogP contribution in [0.15, 0.2) is 36.4 Å². The number of carbonyl (C=O) groups is 2. The number of amides is 1. The van der Waals surface area contributed by atoms with Gasteiger partial charge in [-0.3, -0.25) is 14.9 Å². The maximum absolute atomic E-state index is 12.3. The molecule has 0 spiro atoms. The predicted molar refractivity (Wildman–Crippen MR) is 106 cm³/mol. The molecule has 0 aliphatic carbocycles. The third kappa shape index (κ3) is 5.68. The SMILES string of the molecule is CCOc1cc([N+](=O)[O-])c(C(=O)OCC(=O)Nc2ccc(CC)cc2)cc1OC. The number of ether oxygens (including phenoxy) is 3. The van der Waals surface area contributed by atoms with Gasteiger partial charge in [0.05, 0.1) is 24.7 Å². The minimum atomic E-state index is -1.02. The van der Waals surface area contributed by atoms with Crippen LogP contribution in [-0.2, 0) is 16.0 Å². The first-order valence-electron chi connectivity index (χ1n) is 8.94. The second-order valence-corrected chi connectivity index (χ2v) is 5.89. The van der Waals surface area contributed by atoms with Gasteiger partial charge in [-0.15, -0.1) is 0 Å². The number of anilines is 1. The lowest BCUT2D eigenvalue weighted by Gasteiger charge is -2.12. The van der Waals surface area contributed by atoms with Crippen LogP contribution in [0.5, 0.6) is 11.5 Å². The Hall–Kier alpha value is -3.62. The normalized spacial score (nSPS) is 10.2. The number of nitrogens with one attached hydrogen (secondary N) is 1. The molecule has 0 unspecified atom stereocenters. The second kappa shape index (κ2) is 10.1. The Kier molecular flexibility index (Phi) is 7.53. The molecule has 9 nitrogen and oxygen atoms in total. The molecule has 9 heteroatoms. The monoisotopic (exact) mass is 402 g/mol. The number of aryl methyl sites for hydroxylation is 1. The van der Waals surface area contributed by atoms with Crippen LogP contribution in [0, 0.1) is 10.1 Å². The number of hydrogen-bond acceptors (Lipinski definition) is 7. The highest BCUT2D eigenvalue weighted by Gasteiger charge is 2.26. The van der Waals surface area contributed by atoms with Gasteiger partial charge in [0.1, 0.15) is 5.56 Å². The lowest BCUT2D eigenvalue weighted by atomic mass is 10.1. The van der Waals surface area contributed by atoms with E-state index in [1.165, 1.54) is 7.11 Å². The molecular formula is C20H22N2O7. The summed E-state index contributed by atoms with van der Waals surface area (Å²) < 4.78 is 15.3. The molecule has 0 fully saturated rings. The van der Waals surface area contributed by atoms with Gasteiger partial charge in [0, 0.05) is 11.8 Å². The Labute approximate surface area is 167 Å². The van der Waals surface area contributed by atoms with E-state index in [1.807, 2.05) is 19.1 Å². The summed E-state index contributed by atoms with van der Waals surface area (Å²) in [5, 5.41) is 13.9. The number of benzene rings is 2. The van der Waals surface area contributed by atoms with Crippen LogP contribution in [0.4, 0.5) is 11.4 Å². The van der Waals surface area contributed by atoms with Gasteiger partial charge in [-0.1, -0.05) is 19.1 Å². The van der Waals surface area contributed by atoms with E-state index in [9.17, 15) is 19.7 Å². The summed E-state index contributed by atoms with van der Waals surface area (Å²) >= 11 is 0. The van der Waals surface area contributed by atoms with Crippen molar-refractivity contribution in [3.8, 4) is 11.5 Å². The summed E-state index contributed by atoms with van der Waals surface area (Å²) in [6, 6.07) is 9.47. The fraction of sp³-hybridized carbons (Fsp3) is 0.300. The molecule has 2 rings (SSSR count). The van der Waals surface area contributed by atoms with Crippen molar-refractivity contribution in [3.05, 3.63) is 57.6 Å². The molecule has 0 saturated heterocycles. The van der Waals surface area contributed by atoms with E-state index in [2.05, 4.69) is 5.32 Å². The van der Waals surface area contributed by atoms with Gasteiger partial charge in [-0.25, -0.2) is 4.79 Å². The molecule has 0 aliphatic rings. The summed E-state index contributed by atoms with van der Waals surface area (Å²) in [6.07, 6.45) is 0.871. The van der Waals surface area contributed by atoms with Gasteiger partial charge in [-0.05, 0) is 31.0 Å². The number of nitrogens with zero attached hydrogens (tertiary/aromatic N) is 1. The quantitative estimate of drug-likeness (QED) is 0.388. The predicted octanol–water partition coefficient (Wildman–Crippen LogP) is 3.36. The van der Waals surface area contributed by atoms with Gasteiger partial charge in [0.15, 0.2) is 18.1 Å². The second-order valence-electron chi connectivity index (χ2n) is 5.89. The first kappa shape index (κ1) is 21.7. The van der Waals surface area contributed by atoms with Crippen LogP contribution >= 0.6 is 0 Å². The van der Waals surface area contributed by atoms with Gasteiger partial charge in [0.25, 0.3) is 11.6 Å². The van der Waals surface area contributed by atoms with E-state index < -0.39 is 29.1 Å². The molecule has 0 radical (unpaired) electrons. The van der Waals surface area contributed by atoms with Crippen molar-refractivity contribution in [1.29, 1.82) is 0 Å². The van der Waals surface area contributed by atoms with E-state index in [0.717, 1.165) is 24.1 Å². The molecule has 2 aromatic carbocycles.